The smallest absolute Gasteiger partial charge is 0.320 e. The van der Waals surface area contributed by atoms with E-state index in [1.54, 1.807) is 14.0 Å². The number of carbonyl (C=O) groups excluding carboxylic acids is 1. The summed E-state index contributed by atoms with van der Waals surface area (Å²) in [4.78, 5) is 13.1. The van der Waals surface area contributed by atoms with Gasteiger partial charge in [0, 0.05) is 20.0 Å². The average molecular weight is 415 g/mol. The summed E-state index contributed by atoms with van der Waals surface area (Å²) >= 11 is 0. The lowest BCUT2D eigenvalue weighted by atomic mass is 9.63. The summed E-state index contributed by atoms with van der Waals surface area (Å²) in [6, 6.07) is 0. The lowest BCUT2D eigenvalue weighted by Crippen LogP contribution is -2.67. The van der Waals surface area contributed by atoms with Gasteiger partial charge in [0.25, 0.3) is 0 Å². The number of hydrogen-bond acceptors (Lipinski definition) is 6. The van der Waals surface area contributed by atoms with E-state index in [1.165, 1.54) is 0 Å². The number of aliphatic hydroxyl groups is 1. The van der Waals surface area contributed by atoms with Crippen molar-refractivity contribution in [2.75, 3.05) is 13.7 Å². The fraction of sp³-hybridized carbons (Fsp3) is 0.857. The minimum atomic E-state index is -2.07. The van der Waals surface area contributed by atoms with Crippen LogP contribution in [0.25, 0.3) is 0 Å². The zero-order chi connectivity index (χ0) is 21.5. The lowest BCUT2D eigenvalue weighted by molar-refractivity contribution is -0.254. The van der Waals surface area contributed by atoms with Gasteiger partial charge in [-0.2, -0.15) is 0 Å². The van der Waals surface area contributed by atoms with Crippen molar-refractivity contribution in [3.05, 3.63) is 11.8 Å². The van der Waals surface area contributed by atoms with E-state index in [2.05, 4.69) is 33.9 Å². The van der Waals surface area contributed by atoms with Crippen molar-refractivity contribution in [2.45, 2.75) is 96.4 Å². The molecule has 0 saturated carbocycles. The third-order valence-corrected chi connectivity index (χ3v) is 10.9. The van der Waals surface area contributed by atoms with Gasteiger partial charge in [0.1, 0.15) is 5.41 Å². The Morgan fingerprint density at radius 1 is 1.36 bits per heavy atom. The van der Waals surface area contributed by atoms with Gasteiger partial charge in [-0.05, 0) is 45.0 Å². The van der Waals surface area contributed by atoms with Crippen molar-refractivity contribution in [3.63, 3.8) is 0 Å². The Balaban J connectivity index is 2.50. The summed E-state index contributed by atoms with van der Waals surface area (Å²) in [5, 5.41) is 11.2. The summed E-state index contributed by atoms with van der Waals surface area (Å²) in [6.45, 7) is 16.8. The van der Waals surface area contributed by atoms with Crippen molar-refractivity contribution >= 4 is 14.3 Å². The van der Waals surface area contributed by atoms with Gasteiger partial charge in [0.05, 0.1) is 36.3 Å². The van der Waals surface area contributed by atoms with Gasteiger partial charge in [-0.15, -0.1) is 0 Å². The molecule has 2 unspecified atom stereocenters. The Morgan fingerprint density at radius 3 is 2.46 bits per heavy atom. The highest BCUT2D eigenvalue weighted by Crippen LogP contribution is 2.51. The number of esters is 1. The van der Waals surface area contributed by atoms with Crippen LogP contribution in [-0.4, -0.2) is 57.0 Å². The third-order valence-electron chi connectivity index (χ3n) is 6.50. The molecule has 1 saturated heterocycles. The minimum Gasteiger partial charge on any atom is -0.547 e. The standard InChI is InChI=1S/C21H38O6Si/c1-10-25-18(23)21-15(22)13-20(5,6)26-17(21)12-14(11-16(21)24-7)27-28(8,9)19(2,3)4/h11,15-17,22H,10,12-13H2,1-9H3/t15-,16?,17?,21-/m1/s1. The third kappa shape index (κ3) is 4.04. The van der Waals surface area contributed by atoms with E-state index in [1.807, 2.05) is 19.9 Å². The summed E-state index contributed by atoms with van der Waals surface area (Å²) in [7, 11) is -0.526. The lowest BCUT2D eigenvalue weighted by Gasteiger charge is -2.54. The van der Waals surface area contributed by atoms with E-state index in [0.29, 0.717) is 12.8 Å². The quantitative estimate of drug-likeness (QED) is 0.545. The second-order valence-corrected chi connectivity index (χ2v) is 14.8. The van der Waals surface area contributed by atoms with Gasteiger partial charge in [0.2, 0.25) is 8.32 Å². The number of fused-ring (bicyclic) bond motifs is 1. The van der Waals surface area contributed by atoms with Gasteiger partial charge in [-0.1, -0.05) is 20.8 Å². The molecule has 4 atom stereocenters. The molecule has 0 aromatic carbocycles. The van der Waals surface area contributed by atoms with Crippen LogP contribution in [0.1, 0.15) is 54.4 Å². The molecule has 1 heterocycles. The molecule has 0 spiro atoms. The topological polar surface area (TPSA) is 74.2 Å². The van der Waals surface area contributed by atoms with Gasteiger partial charge in [0.15, 0.2) is 0 Å². The molecular formula is C21H38O6Si. The second-order valence-electron chi connectivity index (χ2n) is 10.1. The maximum absolute atomic E-state index is 13.1. The predicted octanol–water partition coefficient (Wildman–Crippen LogP) is 3.79. The first kappa shape index (κ1) is 23.4. The van der Waals surface area contributed by atoms with Crippen molar-refractivity contribution in [1.29, 1.82) is 0 Å². The molecule has 162 valence electrons. The van der Waals surface area contributed by atoms with Crippen LogP contribution < -0.4 is 0 Å². The molecule has 0 aromatic heterocycles. The number of rotatable bonds is 5. The van der Waals surface area contributed by atoms with Crippen LogP contribution in [0.4, 0.5) is 0 Å². The van der Waals surface area contributed by atoms with E-state index in [4.69, 9.17) is 18.6 Å². The van der Waals surface area contributed by atoms with E-state index in [9.17, 15) is 9.90 Å². The van der Waals surface area contributed by atoms with E-state index in [-0.39, 0.29) is 11.6 Å². The van der Waals surface area contributed by atoms with E-state index >= 15 is 0 Å². The first-order valence-electron chi connectivity index (χ1n) is 10.2. The maximum Gasteiger partial charge on any atom is 0.320 e. The molecule has 2 rings (SSSR count). The molecule has 1 aliphatic carbocycles. The monoisotopic (exact) mass is 414 g/mol. The molecule has 7 heteroatoms. The average Bonchev–Trinajstić information content (AvgIpc) is 2.51. The molecule has 0 radical (unpaired) electrons. The fourth-order valence-electron chi connectivity index (χ4n) is 3.98. The fourth-order valence-corrected chi connectivity index (χ4v) is 5.09. The number of carbonyl (C=O) groups is 1. The largest absolute Gasteiger partial charge is 0.547 e. The van der Waals surface area contributed by atoms with Crippen molar-refractivity contribution in [1.82, 2.24) is 0 Å². The van der Waals surface area contributed by atoms with Crippen molar-refractivity contribution in [3.8, 4) is 0 Å². The van der Waals surface area contributed by atoms with Crippen LogP contribution in [0, 0.1) is 5.41 Å². The molecule has 6 nitrogen and oxygen atoms in total. The zero-order valence-electron chi connectivity index (χ0n) is 18.9. The Hall–Kier alpha value is -0.893. The maximum atomic E-state index is 13.1. The Kier molecular flexibility index (Phi) is 6.47. The Morgan fingerprint density at radius 2 is 1.96 bits per heavy atom. The Bertz CT molecular complexity index is 621. The number of methoxy groups -OCH3 is 1. The minimum absolute atomic E-state index is 0.0400. The van der Waals surface area contributed by atoms with Gasteiger partial charge in [-0.25, -0.2) is 0 Å². The zero-order valence-corrected chi connectivity index (χ0v) is 19.9. The normalized spacial score (nSPS) is 32.9. The number of ether oxygens (including phenoxy) is 3. The van der Waals surface area contributed by atoms with Crippen molar-refractivity contribution in [2.24, 2.45) is 5.41 Å². The Labute approximate surface area is 170 Å². The number of aliphatic hydroxyl groups excluding tert-OH is 1. The van der Waals surface area contributed by atoms with Crippen LogP contribution in [0.3, 0.4) is 0 Å². The molecule has 0 amide bonds. The van der Waals surface area contributed by atoms with Gasteiger partial charge >= 0.3 is 5.97 Å². The highest BCUT2D eigenvalue weighted by atomic mass is 28.4. The van der Waals surface area contributed by atoms with Gasteiger partial charge < -0.3 is 23.7 Å². The molecule has 28 heavy (non-hydrogen) atoms. The SMILES string of the molecule is CCOC(=O)[C@]12C(OC)C=C(O[Si](C)(C)C(C)(C)C)CC1OC(C)(C)C[C@H]2O. The van der Waals surface area contributed by atoms with Crippen molar-refractivity contribution < 1.29 is 28.5 Å². The number of hydrogen-bond donors (Lipinski definition) is 1. The van der Waals surface area contributed by atoms with Crippen LogP contribution in [0.15, 0.2) is 11.8 Å². The highest BCUT2D eigenvalue weighted by molar-refractivity contribution is 6.74. The van der Waals surface area contributed by atoms with E-state index < -0.39 is 43.6 Å². The van der Waals surface area contributed by atoms with Crippen LogP contribution >= 0.6 is 0 Å². The molecule has 1 aliphatic heterocycles. The molecule has 1 N–H and O–H groups in total. The predicted molar refractivity (Wildman–Crippen MR) is 110 cm³/mol. The molecule has 1 fully saturated rings. The summed E-state index contributed by atoms with van der Waals surface area (Å²) in [5.74, 6) is 0.297. The van der Waals surface area contributed by atoms with E-state index in [0.717, 1.165) is 5.76 Å². The van der Waals surface area contributed by atoms with Crippen LogP contribution in [0.2, 0.25) is 18.1 Å². The summed E-state index contributed by atoms with van der Waals surface area (Å²) in [6.07, 6.45) is 0.381. The van der Waals surface area contributed by atoms with Gasteiger partial charge in [-0.3, -0.25) is 4.79 Å². The first-order valence-corrected chi connectivity index (χ1v) is 13.1. The second kappa shape index (κ2) is 7.74. The summed E-state index contributed by atoms with van der Waals surface area (Å²) in [5.41, 5.74) is -1.85. The van der Waals surface area contributed by atoms with Crippen LogP contribution in [0.5, 0.6) is 0 Å². The first-order chi connectivity index (χ1) is 12.7. The molecule has 0 bridgehead atoms. The van der Waals surface area contributed by atoms with Crippen LogP contribution in [-0.2, 0) is 23.4 Å². The summed E-state index contributed by atoms with van der Waals surface area (Å²) < 4.78 is 24.0. The molecule has 0 aromatic rings. The highest BCUT2D eigenvalue weighted by Gasteiger charge is 2.65. The molecular weight excluding hydrogens is 376 g/mol. The molecule has 2 aliphatic rings.